The van der Waals surface area contributed by atoms with Gasteiger partial charge in [-0.1, -0.05) is 42.5 Å². The van der Waals surface area contributed by atoms with Crippen LogP contribution in [0.2, 0.25) is 0 Å². The molecule has 5 heteroatoms. The zero-order chi connectivity index (χ0) is 20.0. The highest BCUT2D eigenvalue weighted by molar-refractivity contribution is 6.01. The molecule has 0 aliphatic carbocycles. The van der Waals surface area contributed by atoms with Crippen LogP contribution >= 0.6 is 0 Å². The molecule has 0 saturated carbocycles. The average Bonchev–Trinajstić information content (AvgIpc) is 3.15. The number of amides is 2. The van der Waals surface area contributed by atoms with Crippen molar-refractivity contribution in [3.05, 3.63) is 83.4 Å². The predicted molar refractivity (Wildman–Crippen MR) is 112 cm³/mol. The summed E-state index contributed by atoms with van der Waals surface area (Å²) >= 11 is 0. The zero-order valence-electron chi connectivity index (χ0n) is 16.0. The molecule has 1 N–H and O–H groups in total. The van der Waals surface area contributed by atoms with E-state index in [2.05, 4.69) is 5.32 Å². The molecule has 0 bridgehead atoms. The molecule has 0 spiro atoms. The lowest BCUT2D eigenvalue weighted by Gasteiger charge is -2.27. The molecule has 0 aromatic heterocycles. The molecule has 5 nitrogen and oxygen atoms in total. The van der Waals surface area contributed by atoms with Gasteiger partial charge in [-0.2, -0.15) is 0 Å². The number of anilines is 2. The summed E-state index contributed by atoms with van der Waals surface area (Å²) in [5.41, 5.74) is 4.37. The van der Waals surface area contributed by atoms with Gasteiger partial charge in [0.25, 0.3) is 0 Å². The van der Waals surface area contributed by atoms with Crippen LogP contribution < -0.4 is 15.0 Å². The van der Waals surface area contributed by atoms with Gasteiger partial charge in [0.2, 0.25) is 11.8 Å². The Morgan fingerprint density at radius 3 is 2.28 bits per heavy atom. The van der Waals surface area contributed by atoms with Crippen LogP contribution in [0.15, 0.2) is 66.7 Å². The maximum Gasteiger partial charge on any atom is 0.236 e. The van der Waals surface area contributed by atoms with E-state index in [1.165, 1.54) is 0 Å². The van der Waals surface area contributed by atoms with Crippen LogP contribution in [0.4, 0.5) is 11.4 Å². The Hall–Kier alpha value is -3.60. The number of hydrogen-bond donors (Lipinski definition) is 1. The topological polar surface area (TPSA) is 58.6 Å². The standard InChI is InChI=1S/C24H20N2O3/c1-15(27)26-13-12-16-10-11-17(14-20(16)26)25-24(28)23-18-6-2-4-8-21(18)29-22-9-5-3-7-19(22)23/h2-11,14,23H,12-13H2,1H3,(H,25,28). The van der Waals surface area contributed by atoms with Crippen LogP contribution in [0, 0.1) is 0 Å². The second-order valence-electron chi connectivity index (χ2n) is 7.36. The van der Waals surface area contributed by atoms with Gasteiger partial charge in [-0.3, -0.25) is 9.59 Å². The quantitative estimate of drug-likeness (QED) is 0.709. The number of carbonyl (C=O) groups excluding carboxylic acids is 2. The Kier molecular flexibility index (Phi) is 4.09. The molecule has 2 aliphatic rings. The van der Waals surface area contributed by atoms with Gasteiger partial charge in [-0.25, -0.2) is 0 Å². The number of nitrogens with one attached hydrogen (secondary N) is 1. The van der Waals surface area contributed by atoms with Crippen molar-refractivity contribution in [2.45, 2.75) is 19.3 Å². The Morgan fingerprint density at radius 1 is 0.966 bits per heavy atom. The first-order valence-corrected chi connectivity index (χ1v) is 9.69. The van der Waals surface area contributed by atoms with Crippen molar-refractivity contribution in [3.63, 3.8) is 0 Å². The molecule has 144 valence electrons. The molecule has 2 heterocycles. The first-order valence-electron chi connectivity index (χ1n) is 9.69. The third kappa shape index (κ3) is 2.95. The number of hydrogen-bond acceptors (Lipinski definition) is 3. The Balaban J connectivity index is 1.50. The monoisotopic (exact) mass is 384 g/mol. The van der Waals surface area contributed by atoms with Crippen LogP contribution in [0.3, 0.4) is 0 Å². The van der Waals surface area contributed by atoms with Gasteiger partial charge in [0.15, 0.2) is 0 Å². The summed E-state index contributed by atoms with van der Waals surface area (Å²) in [5, 5.41) is 3.05. The normalized spacial score (nSPS) is 14.4. The number of nitrogens with zero attached hydrogens (tertiary/aromatic N) is 1. The largest absolute Gasteiger partial charge is 0.457 e. The highest BCUT2D eigenvalue weighted by Crippen LogP contribution is 2.44. The molecule has 0 fully saturated rings. The molecule has 0 saturated heterocycles. The van der Waals surface area contributed by atoms with Crippen LogP contribution in [-0.2, 0) is 16.0 Å². The predicted octanol–water partition coefficient (Wildman–Crippen LogP) is 4.47. The van der Waals surface area contributed by atoms with Crippen molar-refractivity contribution >= 4 is 23.2 Å². The molecule has 0 atom stereocenters. The molecular weight excluding hydrogens is 364 g/mol. The van der Waals surface area contributed by atoms with Crippen molar-refractivity contribution in [1.82, 2.24) is 0 Å². The fourth-order valence-electron chi connectivity index (χ4n) is 4.19. The van der Waals surface area contributed by atoms with Gasteiger partial charge < -0.3 is 15.0 Å². The number of fused-ring (bicyclic) bond motifs is 3. The van der Waals surface area contributed by atoms with Crippen molar-refractivity contribution in [2.75, 3.05) is 16.8 Å². The molecule has 29 heavy (non-hydrogen) atoms. The zero-order valence-corrected chi connectivity index (χ0v) is 16.0. The van der Waals surface area contributed by atoms with Crippen molar-refractivity contribution in [2.24, 2.45) is 0 Å². The number of carbonyl (C=O) groups is 2. The SMILES string of the molecule is CC(=O)N1CCc2ccc(NC(=O)C3c4ccccc4Oc4ccccc43)cc21. The first kappa shape index (κ1) is 17.5. The summed E-state index contributed by atoms with van der Waals surface area (Å²) in [7, 11) is 0. The fourth-order valence-corrected chi connectivity index (χ4v) is 4.19. The highest BCUT2D eigenvalue weighted by atomic mass is 16.5. The van der Waals surface area contributed by atoms with E-state index < -0.39 is 5.92 Å². The molecule has 0 radical (unpaired) electrons. The summed E-state index contributed by atoms with van der Waals surface area (Å²) in [6.07, 6.45) is 0.837. The summed E-state index contributed by atoms with van der Waals surface area (Å²) < 4.78 is 5.98. The molecule has 5 rings (SSSR count). The molecule has 2 amide bonds. The third-order valence-corrected chi connectivity index (χ3v) is 5.57. The van der Waals surface area contributed by atoms with Crippen molar-refractivity contribution in [3.8, 4) is 11.5 Å². The van der Waals surface area contributed by atoms with E-state index in [9.17, 15) is 9.59 Å². The van der Waals surface area contributed by atoms with Crippen molar-refractivity contribution < 1.29 is 14.3 Å². The Bertz CT molecular complexity index is 1090. The van der Waals surface area contributed by atoms with Gasteiger partial charge in [0, 0.05) is 36.0 Å². The fraction of sp³-hybridized carbons (Fsp3) is 0.167. The minimum atomic E-state index is -0.465. The van der Waals surface area contributed by atoms with E-state index >= 15 is 0 Å². The Labute approximate surface area is 168 Å². The minimum absolute atomic E-state index is 0.0134. The lowest BCUT2D eigenvalue weighted by atomic mass is 9.87. The number of para-hydroxylation sites is 2. The van der Waals surface area contributed by atoms with Crippen molar-refractivity contribution in [1.29, 1.82) is 0 Å². The van der Waals surface area contributed by atoms with Crippen LogP contribution in [0.25, 0.3) is 0 Å². The van der Waals surface area contributed by atoms with Gasteiger partial charge >= 0.3 is 0 Å². The van der Waals surface area contributed by atoms with E-state index in [0.717, 1.165) is 28.8 Å². The smallest absolute Gasteiger partial charge is 0.236 e. The second-order valence-corrected chi connectivity index (χ2v) is 7.36. The number of rotatable bonds is 2. The molecule has 3 aromatic rings. The van der Waals surface area contributed by atoms with Gasteiger partial charge in [0.1, 0.15) is 11.5 Å². The number of ether oxygens (including phenoxy) is 1. The molecule has 2 aliphatic heterocycles. The van der Waals surface area contributed by atoms with E-state index in [4.69, 9.17) is 4.74 Å². The maximum absolute atomic E-state index is 13.4. The van der Waals surface area contributed by atoms with Gasteiger partial charge in [0.05, 0.1) is 5.92 Å². The minimum Gasteiger partial charge on any atom is -0.457 e. The number of benzene rings is 3. The lowest BCUT2D eigenvalue weighted by molar-refractivity contribution is -0.117. The van der Waals surface area contributed by atoms with Crippen LogP contribution in [-0.4, -0.2) is 18.4 Å². The summed E-state index contributed by atoms with van der Waals surface area (Å²) in [6, 6.07) is 21.0. The summed E-state index contributed by atoms with van der Waals surface area (Å²) in [6.45, 7) is 2.25. The molecule has 3 aromatic carbocycles. The summed E-state index contributed by atoms with van der Waals surface area (Å²) in [4.78, 5) is 27.0. The maximum atomic E-state index is 13.4. The first-order chi connectivity index (χ1) is 14.1. The lowest BCUT2D eigenvalue weighted by Crippen LogP contribution is -2.26. The summed E-state index contributed by atoms with van der Waals surface area (Å²) in [5.74, 6) is 0.819. The highest BCUT2D eigenvalue weighted by Gasteiger charge is 2.32. The van der Waals surface area contributed by atoms with Crippen LogP contribution in [0.1, 0.15) is 29.5 Å². The van der Waals surface area contributed by atoms with E-state index in [1.54, 1.807) is 11.8 Å². The molecule has 0 unspecified atom stereocenters. The van der Waals surface area contributed by atoms with Crippen LogP contribution in [0.5, 0.6) is 11.5 Å². The van der Waals surface area contributed by atoms with E-state index in [1.807, 2.05) is 66.7 Å². The molecular formula is C24H20N2O3. The van der Waals surface area contributed by atoms with E-state index in [-0.39, 0.29) is 11.8 Å². The van der Waals surface area contributed by atoms with Gasteiger partial charge in [-0.05, 0) is 36.2 Å². The van der Waals surface area contributed by atoms with E-state index in [0.29, 0.717) is 23.7 Å². The average molecular weight is 384 g/mol. The second kappa shape index (κ2) is 6.78. The Morgan fingerprint density at radius 2 is 1.62 bits per heavy atom. The van der Waals surface area contributed by atoms with Gasteiger partial charge in [-0.15, -0.1) is 0 Å². The third-order valence-electron chi connectivity index (χ3n) is 5.57.